The Balaban J connectivity index is 1.68. The van der Waals surface area contributed by atoms with Gasteiger partial charge in [-0.25, -0.2) is 4.98 Å². The Hall–Kier alpha value is -2.22. The normalized spacial score (nSPS) is 15.7. The minimum absolute atomic E-state index is 0.129. The van der Waals surface area contributed by atoms with Crippen molar-refractivity contribution in [2.75, 3.05) is 36.0 Å². The van der Waals surface area contributed by atoms with Gasteiger partial charge in [-0.3, -0.25) is 10.1 Å². The number of non-ortho nitro benzene ring substituents is 1. The number of rotatable bonds is 3. The molecule has 116 valence electrons. The summed E-state index contributed by atoms with van der Waals surface area (Å²) in [4.78, 5) is 19.3. The van der Waals surface area contributed by atoms with Gasteiger partial charge < -0.3 is 9.80 Å². The lowest BCUT2D eigenvalue weighted by molar-refractivity contribution is -0.384. The second-order valence-corrected chi connectivity index (χ2v) is 5.96. The van der Waals surface area contributed by atoms with Gasteiger partial charge in [-0.2, -0.15) is 4.37 Å². The number of anilines is 2. The average Bonchev–Trinajstić information content (AvgIpc) is 2.81. The van der Waals surface area contributed by atoms with Crippen molar-refractivity contribution < 1.29 is 4.92 Å². The third-order valence-corrected chi connectivity index (χ3v) is 4.58. The predicted molar refractivity (Wildman–Crippen MR) is 86.8 cm³/mol. The lowest BCUT2D eigenvalue weighted by Crippen LogP contribution is -2.30. The zero-order chi connectivity index (χ0) is 15.5. The molecule has 22 heavy (non-hydrogen) atoms. The highest BCUT2D eigenvalue weighted by molar-refractivity contribution is 7.09. The van der Waals surface area contributed by atoms with E-state index in [1.165, 1.54) is 11.5 Å². The molecule has 0 amide bonds. The van der Waals surface area contributed by atoms with E-state index < -0.39 is 0 Å². The molecule has 1 aromatic carbocycles. The minimum atomic E-state index is -0.369. The van der Waals surface area contributed by atoms with Crippen LogP contribution >= 0.6 is 11.5 Å². The predicted octanol–water partition coefficient (Wildman–Crippen LogP) is 2.47. The molecule has 1 saturated heterocycles. The van der Waals surface area contributed by atoms with Crippen molar-refractivity contribution in [3.63, 3.8) is 0 Å². The smallest absolute Gasteiger partial charge is 0.269 e. The standard InChI is InChI=1S/C14H17N5O2S/c1-11-15-14(22-16-11)18-8-2-7-17(9-10-18)12-3-5-13(6-4-12)19(20)21/h3-6H,2,7-10H2,1H3. The van der Waals surface area contributed by atoms with Crippen LogP contribution in [0.25, 0.3) is 0 Å². The first kappa shape index (κ1) is 14.7. The summed E-state index contributed by atoms with van der Waals surface area (Å²) in [5.41, 5.74) is 1.16. The highest BCUT2D eigenvalue weighted by Crippen LogP contribution is 2.23. The first-order valence-electron chi connectivity index (χ1n) is 7.18. The fourth-order valence-electron chi connectivity index (χ4n) is 2.57. The summed E-state index contributed by atoms with van der Waals surface area (Å²) in [6, 6.07) is 6.77. The van der Waals surface area contributed by atoms with Crippen LogP contribution in [0.2, 0.25) is 0 Å². The maximum absolute atomic E-state index is 10.7. The lowest BCUT2D eigenvalue weighted by atomic mass is 10.2. The largest absolute Gasteiger partial charge is 0.370 e. The molecular formula is C14H17N5O2S. The van der Waals surface area contributed by atoms with Crippen LogP contribution in [-0.2, 0) is 0 Å². The number of nitrogens with zero attached hydrogens (tertiary/aromatic N) is 5. The van der Waals surface area contributed by atoms with Crippen molar-refractivity contribution in [1.82, 2.24) is 9.36 Å². The van der Waals surface area contributed by atoms with E-state index in [0.717, 1.165) is 49.2 Å². The molecule has 1 fully saturated rings. The number of aryl methyl sites for hydroxylation is 1. The molecule has 2 heterocycles. The summed E-state index contributed by atoms with van der Waals surface area (Å²) >= 11 is 1.44. The fraction of sp³-hybridized carbons (Fsp3) is 0.429. The number of benzene rings is 1. The molecule has 1 aliphatic heterocycles. The summed E-state index contributed by atoms with van der Waals surface area (Å²) in [5.74, 6) is 0.816. The van der Waals surface area contributed by atoms with Gasteiger partial charge in [0.1, 0.15) is 5.82 Å². The number of nitro groups is 1. The summed E-state index contributed by atoms with van der Waals surface area (Å²) in [5, 5.41) is 11.7. The van der Waals surface area contributed by atoms with Gasteiger partial charge >= 0.3 is 0 Å². The molecule has 2 aromatic rings. The maximum atomic E-state index is 10.7. The number of nitro benzene ring substituents is 1. The van der Waals surface area contributed by atoms with Crippen LogP contribution in [0, 0.1) is 17.0 Å². The van der Waals surface area contributed by atoms with Crippen LogP contribution in [0.4, 0.5) is 16.5 Å². The van der Waals surface area contributed by atoms with Crippen molar-refractivity contribution >= 4 is 28.0 Å². The molecule has 0 spiro atoms. The fourth-order valence-corrected chi connectivity index (χ4v) is 3.29. The molecule has 0 saturated carbocycles. The van der Waals surface area contributed by atoms with Gasteiger partial charge in [-0.05, 0) is 25.5 Å². The van der Waals surface area contributed by atoms with Crippen LogP contribution in [0.1, 0.15) is 12.2 Å². The quantitative estimate of drug-likeness (QED) is 0.639. The Morgan fingerprint density at radius 1 is 1.14 bits per heavy atom. The van der Waals surface area contributed by atoms with Crippen LogP contribution in [0.5, 0.6) is 0 Å². The van der Waals surface area contributed by atoms with Crippen LogP contribution in [-0.4, -0.2) is 40.5 Å². The van der Waals surface area contributed by atoms with Crippen molar-refractivity contribution in [2.24, 2.45) is 0 Å². The third-order valence-electron chi connectivity index (χ3n) is 3.71. The van der Waals surface area contributed by atoms with Crippen molar-refractivity contribution in [3.8, 4) is 0 Å². The maximum Gasteiger partial charge on any atom is 0.269 e. The SMILES string of the molecule is Cc1nsc(N2CCCN(c3ccc([N+](=O)[O-])cc3)CC2)n1. The van der Waals surface area contributed by atoms with E-state index >= 15 is 0 Å². The number of hydrogen-bond acceptors (Lipinski definition) is 7. The van der Waals surface area contributed by atoms with Gasteiger partial charge in [0.05, 0.1) is 4.92 Å². The Labute approximate surface area is 132 Å². The van der Waals surface area contributed by atoms with E-state index in [2.05, 4.69) is 19.2 Å². The van der Waals surface area contributed by atoms with E-state index in [1.54, 1.807) is 12.1 Å². The molecule has 3 rings (SSSR count). The first-order valence-corrected chi connectivity index (χ1v) is 7.95. The first-order chi connectivity index (χ1) is 10.6. The molecule has 0 radical (unpaired) electrons. The summed E-state index contributed by atoms with van der Waals surface area (Å²) in [7, 11) is 0. The van der Waals surface area contributed by atoms with Crippen molar-refractivity contribution in [2.45, 2.75) is 13.3 Å². The second kappa shape index (κ2) is 6.27. The molecule has 0 unspecified atom stereocenters. The van der Waals surface area contributed by atoms with E-state index in [9.17, 15) is 10.1 Å². The lowest BCUT2D eigenvalue weighted by Gasteiger charge is -2.23. The van der Waals surface area contributed by atoms with Crippen LogP contribution in [0.3, 0.4) is 0 Å². The average molecular weight is 319 g/mol. The van der Waals surface area contributed by atoms with Gasteiger partial charge in [0, 0.05) is 55.5 Å². The zero-order valence-corrected chi connectivity index (χ0v) is 13.1. The van der Waals surface area contributed by atoms with Gasteiger partial charge in [0.25, 0.3) is 5.69 Å². The second-order valence-electron chi connectivity index (χ2n) is 5.23. The van der Waals surface area contributed by atoms with Gasteiger partial charge in [0.15, 0.2) is 0 Å². The van der Waals surface area contributed by atoms with Crippen molar-refractivity contribution in [1.29, 1.82) is 0 Å². The molecule has 8 heteroatoms. The van der Waals surface area contributed by atoms with Crippen LogP contribution < -0.4 is 9.80 Å². The van der Waals surface area contributed by atoms with Gasteiger partial charge in [-0.15, -0.1) is 0 Å². The summed E-state index contributed by atoms with van der Waals surface area (Å²) in [6.07, 6.45) is 1.02. The Morgan fingerprint density at radius 3 is 2.45 bits per heavy atom. The topological polar surface area (TPSA) is 75.4 Å². The molecule has 1 aromatic heterocycles. The highest BCUT2D eigenvalue weighted by atomic mass is 32.1. The monoisotopic (exact) mass is 319 g/mol. The Morgan fingerprint density at radius 2 is 1.82 bits per heavy atom. The highest BCUT2D eigenvalue weighted by Gasteiger charge is 2.18. The zero-order valence-electron chi connectivity index (χ0n) is 12.3. The molecule has 0 N–H and O–H groups in total. The summed E-state index contributed by atoms with van der Waals surface area (Å²) in [6.45, 7) is 5.55. The molecule has 0 atom stereocenters. The van der Waals surface area contributed by atoms with E-state index in [4.69, 9.17) is 0 Å². The van der Waals surface area contributed by atoms with Crippen molar-refractivity contribution in [3.05, 3.63) is 40.2 Å². The Kier molecular flexibility index (Phi) is 4.19. The van der Waals surface area contributed by atoms with Gasteiger partial charge in [-0.1, -0.05) is 0 Å². The molecule has 1 aliphatic rings. The van der Waals surface area contributed by atoms with E-state index in [1.807, 2.05) is 19.1 Å². The Bertz CT molecular complexity index is 658. The van der Waals surface area contributed by atoms with Gasteiger partial charge in [0.2, 0.25) is 5.13 Å². The molecule has 0 bridgehead atoms. The minimum Gasteiger partial charge on any atom is -0.370 e. The number of aromatic nitrogens is 2. The van der Waals surface area contributed by atoms with Crippen LogP contribution in [0.15, 0.2) is 24.3 Å². The molecule has 7 nitrogen and oxygen atoms in total. The van der Waals surface area contributed by atoms with E-state index in [-0.39, 0.29) is 10.6 Å². The molecular weight excluding hydrogens is 302 g/mol. The number of hydrogen-bond donors (Lipinski definition) is 0. The third kappa shape index (κ3) is 3.16. The van der Waals surface area contributed by atoms with E-state index in [0.29, 0.717) is 0 Å². The molecule has 0 aliphatic carbocycles. The summed E-state index contributed by atoms with van der Waals surface area (Å²) < 4.78 is 4.24.